The summed E-state index contributed by atoms with van der Waals surface area (Å²) in [5, 5.41) is 6.22. The van der Waals surface area contributed by atoms with Crippen molar-refractivity contribution in [1.82, 2.24) is 25.3 Å². The molecule has 15 nitrogen and oxygen atoms in total. The Morgan fingerprint density at radius 1 is 0.493 bits per heavy atom. The normalized spacial score (nSPS) is 17.6. The first kappa shape index (κ1) is 49.6. The monoisotopic (exact) mass is 1020 g/mol. The molecule has 6 heterocycles. The Morgan fingerprint density at radius 2 is 0.867 bits per heavy atom. The fraction of sp³-hybridized carbons (Fsp3) is 0.169. The number of anilines is 1. The van der Waals surface area contributed by atoms with Crippen LogP contribution in [0, 0.1) is 0 Å². The van der Waals surface area contributed by atoms with Crippen molar-refractivity contribution in [2.75, 3.05) is 11.9 Å². The quantitative estimate of drug-likeness (QED) is 0.0543. The fourth-order valence-electron chi connectivity index (χ4n) is 9.60. The highest BCUT2D eigenvalue weighted by atomic mass is 32.1. The van der Waals surface area contributed by atoms with Crippen LogP contribution in [0.2, 0.25) is 0 Å². The molecule has 0 aliphatic carbocycles. The molecule has 0 amide bonds. The van der Waals surface area contributed by atoms with Crippen LogP contribution in [-0.4, -0.2) is 86.2 Å². The van der Waals surface area contributed by atoms with Crippen LogP contribution in [0.15, 0.2) is 140 Å². The lowest BCUT2D eigenvalue weighted by molar-refractivity contribution is -0.254. The van der Waals surface area contributed by atoms with Crippen LogP contribution in [0.1, 0.15) is 50.5 Å². The van der Waals surface area contributed by atoms with E-state index in [1.54, 1.807) is 0 Å². The third-order valence-electron chi connectivity index (χ3n) is 12.6. The molecule has 4 N–H and O–H groups in total. The van der Waals surface area contributed by atoms with E-state index in [0.717, 1.165) is 103 Å². The van der Waals surface area contributed by atoms with E-state index in [-0.39, 0.29) is 11.7 Å². The Hall–Kier alpha value is -8.99. The molecule has 0 saturated carbocycles. The number of carbonyl (C=O) groups is 4. The van der Waals surface area contributed by atoms with Crippen molar-refractivity contribution in [3.8, 4) is 44.5 Å². The molecule has 3 aliphatic rings. The second-order valence-corrected chi connectivity index (χ2v) is 18.3. The van der Waals surface area contributed by atoms with Gasteiger partial charge in [-0.1, -0.05) is 103 Å². The second kappa shape index (κ2) is 21.6. The van der Waals surface area contributed by atoms with Crippen molar-refractivity contribution >= 4 is 93.3 Å². The Balaban J connectivity index is 1.08. The maximum absolute atomic E-state index is 12.5. The largest absolute Gasteiger partial charge is 0.463 e. The first-order valence-corrected chi connectivity index (χ1v) is 24.6. The van der Waals surface area contributed by atoms with Crippen molar-refractivity contribution in [1.29, 1.82) is 0 Å². The van der Waals surface area contributed by atoms with E-state index in [0.29, 0.717) is 5.69 Å². The maximum Gasteiger partial charge on any atom is 0.303 e. The van der Waals surface area contributed by atoms with Crippen LogP contribution in [0.3, 0.4) is 0 Å². The SMILES string of the molecule is CC(=O)OC[C@H]1O[C@@H](NC(=S)Nc2ccc(-c3c4nc(c(-c5ccccc5)c5ccc([nH]5)c(-c5ccccc5)c5nc(c(-c6ccccc6)c6ccc3[nH]6)C=C5)C=C4)cc2)[C@H](OC(C)=O)[C@@H](OC(C)=O)[C@@H]1OC(C)=O. The summed E-state index contributed by atoms with van der Waals surface area (Å²) in [5.41, 5.74) is 14.6. The number of thiocarbonyl (C=S) groups is 1. The van der Waals surface area contributed by atoms with Crippen molar-refractivity contribution in [2.24, 2.45) is 0 Å². The molecular formula is C59H50N6O9S. The Morgan fingerprint density at radius 3 is 1.25 bits per heavy atom. The molecule has 1 saturated heterocycles. The first-order chi connectivity index (χ1) is 36.4. The number of aromatic nitrogens is 4. The number of carbonyl (C=O) groups excluding carboxylic acids is 4. The van der Waals surface area contributed by atoms with Gasteiger partial charge in [-0.15, -0.1) is 0 Å². The van der Waals surface area contributed by atoms with Crippen LogP contribution in [0.5, 0.6) is 0 Å². The van der Waals surface area contributed by atoms with Gasteiger partial charge in [-0.05, 0) is 95.2 Å². The average molecular weight is 1020 g/mol. The molecule has 0 radical (unpaired) electrons. The molecule has 0 unspecified atom stereocenters. The molecule has 3 aliphatic heterocycles. The summed E-state index contributed by atoms with van der Waals surface area (Å²) in [6.07, 6.45) is 1.73. The number of esters is 4. The number of rotatable bonds is 11. The molecule has 3 aromatic heterocycles. The van der Waals surface area contributed by atoms with Crippen LogP contribution >= 0.6 is 12.2 Å². The predicted octanol–water partition coefficient (Wildman–Crippen LogP) is 10.7. The smallest absolute Gasteiger partial charge is 0.303 e. The van der Waals surface area contributed by atoms with Gasteiger partial charge in [-0.2, -0.15) is 0 Å². The molecule has 4 aromatic carbocycles. The lowest BCUT2D eigenvalue weighted by Crippen LogP contribution is -2.66. The summed E-state index contributed by atoms with van der Waals surface area (Å²) in [6, 6.07) is 46.6. The van der Waals surface area contributed by atoms with Gasteiger partial charge in [-0.3, -0.25) is 19.2 Å². The third-order valence-corrected chi connectivity index (χ3v) is 12.9. The molecular weight excluding hydrogens is 969 g/mol. The van der Waals surface area contributed by atoms with Gasteiger partial charge in [0.1, 0.15) is 12.7 Å². The minimum absolute atomic E-state index is 0.0376. The zero-order valence-electron chi connectivity index (χ0n) is 41.2. The summed E-state index contributed by atoms with van der Waals surface area (Å²) < 4.78 is 28.2. The zero-order valence-corrected chi connectivity index (χ0v) is 42.0. The number of fused-ring (bicyclic) bond motifs is 8. The summed E-state index contributed by atoms with van der Waals surface area (Å²) in [4.78, 5) is 67.4. The van der Waals surface area contributed by atoms with E-state index < -0.39 is 54.5 Å². The maximum atomic E-state index is 12.5. The van der Waals surface area contributed by atoms with Gasteiger partial charge in [0.2, 0.25) is 0 Å². The van der Waals surface area contributed by atoms with E-state index in [2.05, 4.69) is 93.4 Å². The highest BCUT2D eigenvalue weighted by Crippen LogP contribution is 2.39. The van der Waals surface area contributed by atoms with Gasteiger partial charge in [0.15, 0.2) is 29.7 Å². The van der Waals surface area contributed by atoms with Crippen LogP contribution in [-0.2, 0) is 42.9 Å². The molecule has 5 atom stereocenters. The third kappa shape index (κ3) is 10.9. The van der Waals surface area contributed by atoms with Crippen molar-refractivity contribution in [3.05, 3.63) is 162 Å². The highest BCUT2D eigenvalue weighted by Gasteiger charge is 2.52. The second-order valence-electron chi connectivity index (χ2n) is 17.9. The Labute approximate surface area is 436 Å². The molecule has 7 aromatic rings. The van der Waals surface area contributed by atoms with Crippen LogP contribution < -0.4 is 10.6 Å². The minimum Gasteiger partial charge on any atom is -0.463 e. The zero-order chi connectivity index (χ0) is 52.2. The topological polar surface area (TPSA) is 196 Å². The first-order valence-electron chi connectivity index (χ1n) is 24.2. The number of nitrogens with zero attached hydrogens (tertiary/aromatic N) is 2. The summed E-state index contributed by atoms with van der Waals surface area (Å²) in [7, 11) is 0. The molecule has 75 heavy (non-hydrogen) atoms. The number of aromatic amines is 2. The van der Waals surface area contributed by atoms with Gasteiger partial charge in [0.25, 0.3) is 0 Å². The number of hydrogen-bond acceptors (Lipinski definition) is 12. The van der Waals surface area contributed by atoms with Crippen molar-refractivity contribution in [3.63, 3.8) is 0 Å². The number of H-pyrrole nitrogens is 2. The van der Waals surface area contributed by atoms with E-state index in [4.69, 9.17) is 45.9 Å². The van der Waals surface area contributed by atoms with Crippen molar-refractivity contribution < 1.29 is 42.9 Å². The van der Waals surface area contributed by atoms with E-state index in [1.165, 1.54) is 13.8 Å². The van der Waals surface area contributed by atoms with E-state index >= 15 is 0 Å². The highest BCUT2D eigenvalue weighted by molar-refractivity contribution is 7.80. The fourth-order valence-corrected chi connectivity index (χ4v) is 9.83. The number of hydrogen-bond donors (Lipinski definition) is 4. The van der Waals surface area contributed by atoms with Crippen molar-refractivity contribution in [2.45, 2.75) is 58.3 Å². The standard InChI is InChI=1S/C59H50N6O9S/c1-33(66)70-32-50-55(71-34(2)67)56(72-35(3)68)57(73-36(4)69)58(74-50)65-59(75)60-41-22-20-40(21-23-41)54-48-30-28-46(63-48)52(38-16-10-6-11-17-38)44-26-24-42(61-44)51(37-14-8-5-9-15-37)43-25-27-45(62-43)53(39-18-12-7-13-19-39)47-29-31-49(54)64-47/h5-31,50,55-58,61,64H,32H2,1-4H3,(H2,60,65,75)/t50-,55-,56+,57-,58-/m1/s1. The van der Waals surface area contributed by atoms with Gasteiger partial charge in [0.05, 0.1) is 22.8 Å². The summed E-state index contributed by atoms with van der Waals surface area (Å²) in [6.45, 7) is 4.30. The molecule has 0 spiro atoms. The summed E-state index contributed by atoms with van der Waals surface area (Å²) >= 11 is 5.78. The lowest BCUT2D eigenvalue weighted by Gasteiger charge is -2.44. The lowest BCUT2D eigenvalue weighted by atomic mass is 9.97. The van der Waals surface area contributed by atoms with Gasteiger partial charge < -0.3 is 44.3 Å². The van der Waals surface area contributed by atoms with Crippen LogP contribution in [0.25, 0.3) is 90.9 Å². The number of benzene rings is 4. The number of ether oxygens (including phenoxy) is 5. The Kier molecular flexibility index (Phi) is 14.3. The van der Waals surface area contributed by atoms with Gasteiger partial charge in [-0.25, -0.2) is 9.97 Å². The molecule has 1 fully saturated rings. The molecule has 376 valence electrons. The van der Waals surface area contributed by atoms with Gasteiger partial charge >= 0.3 is 23.9 Å². The summed E-state index contributed by atoms with van der Waals surface area (Å²) in [5.74, 6) is -2.85. The molecule has 8 bridgehead atoms. The average Bonchev–Trinajstić information content (AvgIpc) is 4.25. The van der Waals surface area contributed by atoms with Crippen LogP contribution in [0.4, 0.5) is 5.69 Å². The van der Waals surface area contributed by atoms with E-state index in [9.17, 15) is 19.2 Å². The number of nitrogens with one attached hydrogen (secondary N) is 4. The van der Waals surface area contributed by atoms with Gasteiger partial charge in [0, 0.05) is 77.7 Å². The predicted molar refractivity (Wildman–Crippen MR) is 292 cm³/mol. The van der Waals surface area contributed by atoms with E-state index in [1.807, 2.05) is 91.0 Å². The molecule has 10 rings (SSSR count). The minimum atomic E-state index is -1.37. The Bertz CT molecular complexity index is 3540. The molecule has 16 heteroatoms.